The standard InChI is InChI=1S/C20H31N5/c1-3-5-9-13-23-20(21-4-2)24-14-12-19-22-15-16-25(19)17-18-10-7-6-8-11-18/h6-8,10-11,15-16H,3-5,9,12-14,17H2,1-2H3,(H2,21,23,24). The highest BCUT2D eigenvalue weighted by molar-refractivity contribution is 5.79. The molecule has 0 spiro atoms. The highest BCUT2D eigenvalue weighted by atomic mass is 15.2. The molecule has 0 saturated heterocycles. The number of rotatable bonds is 10. The molecule has 1 aromatic carbocycles. The summed E-state index contributed by atoms with van der Waals surface area (Å²) in [6, 6.07) is 10.5. The first-order valence-corrected chi connectivity index (χ1v) is 9.39. The van der Waals surface area contributed by atoms with E-state index in [-0.39, 0.29) is 0 Å². The maximum Gasteiger partial charge on any atom is 0.191 e. The van der Waals surface area contributed by atoms with Gasteiger partial charge in [0.1, 0.15) is 5.82 Å². The molecule has 25 heavy (non-hydrogen) atoms. The Hall–Kier alpha value is -2.30. The zero-order chi connectivity index (χ0) is 17.7. The number of benzene rings is 1. The lowest BCUT2D eigenvalue weighted by Crippen LogP contribution is -2.38. The van der Waals surface area contributed by atoms with Gasteiger partial charge in [0.2, 0.25) is 0 Å². The molecule has 0 amide bonds. The Balaban J connectivity index is 1.83. The SMILES string of the molecule is CCCCCN=C(NCC)NCCc1nccn1Cc1ccccc1. The molecule has 1 aromatic heterocycles. The largest absolute Gasteiger partial charge is 0.357 e. The number of hydrogen-bond donors (Lipinski definition) is 2. The Labute approximate surface area is 151 Å². The fourth-order valence-corrected chi connectivity index (χ4v) is 2.68. The fourth-order valence-electron chi connectivity index (χ4n) is 2.68. The molecule has 2 N–H and O–H groups in total. The molecule has 2 rings (SSSR count). The number of nitrogens with one attached hydrogen (secondary N) is 2. The third kappa shape index (κ3) is 6.99. The summed E-state index contributed by atoms with van der Waals surface area (Å²) in [5.41, 5.74) is 1.29. The Morgan fingerprint density at radius 3 is 2.72 bits per heavy atom. The Kier molecular flexibility index (Phi) is 8.59. The van der Waals surface area contributed by atoms with E-state index in [1.54, 1.807) is 0 Å². The Bertz CT molecular complexity index is 618. The van der Waals surface area contributed by atoms with Crippen LogP contribution in [0, 0.1) is 0 Å². The quantitative estimate of drug-likeness (QED) is 0.396. The zero-order valence-electron chi connectivity index (χ0n) is 15.5. The first-order valence-electron chi connectivity index (χ1n) is 9.39. The van der Waals surface area contributed by atoms with E-state index in [0.29, 0.717) is 0 Å². The number of guanidine groups is 1. The number of imidazole rings is 1. The van der Waals surface area contributed by atoms with Crippen molar-refractivity contribution >= 4 is 5.96 Å². The van der Waals surface area contributed by atoms with Crippen molar-refractivity contribution in [2.45, 2.75) is 46.1 Å². The van der Waals surface area contributed by atoms with Crippen molar-refractivity contribution in [2.75, 3.05) is 19.6 Å². The second-order valence-corrected chi connectivity index (χ2v) is 6.10. The smallest absolute Gasteiger partial charge is 0.191 e. The van der Waals surface area contributed by atoms with Crippen molar-refractivity contribution in [3.8, 4) is 0 Å². The van der Waals surface area contributed by atoms with Crippen LogP contribution >= 0.6 is 0 Å². The molecule has 5 nitrogen and oxygen atoms in total. The van der Waals surface area contributed by atoms with Gasteiger partial charge in [-0.3, -0.25) is 4.99 Å². The van der Waals surface area contributed by atoms with Crippen molar-refractivity contribution in [2.24, 2.45) is 4.99 Å². The van der Waals surface area contributed by atoms with E-state index in [0.717, 1.165) is 50.8 Å². The van der Waals surface area contributed by atoms with E-state index in [1.165, 1.54) is 18.4 Å². The number of aliphatic imine (C=N–C) groups is 1. The molecule has 2 aromatic rings. The normalized spacial score (nSPS) is 11.5. The molecule has 1 heterocycles. The molecule has 136 valence electrons. The summed E-state index contributed by atoms with van der Waals surface area (Å²) >= 11 is 0. The molecule has 0 aliphatic carbocycles. The molecule has 0 bridgehead atoms. The van der Waals surface area contributed by atoms with Crippen LogP contribution in [0.15, 0.2) is 47.7 Å². The molecule has 0 aliphatic heterocycles. The van der Waals surface area contributed by atoms with Gasteiger partial charge in [0.05, 0.1) is 0 Å². The molecule has 0 radical (unpaired) electrons. The van der Waals surface area contributed by atoms with Crippen LogP contribution in [0.2, 0.25) is 0 Å². The maximum atomic E-state index is 4.63. The Morgan fingerprint density at radius 1 is 1.12 bits per heavy atom. The minimum atomic E-state index is 0.825. The van der Waals surface area contributed by atoms with E-state index >= 15 is 0 Å². The van der Waals surface area contributed by atoms with Crippen LogP contribution in [0.4, 0.5) is 0 Å². The fraction of sp³-hybridized carbons (Fsp3) is 0.500. The second-order valence-electron chi connectivity index (χ2n) is 6.10. The van der Waals surface area contributed by atoms with Gasteiger partial charge in [0.15, 0.2) is 5.96 Å². The highest BCUT2D eigenvalue weighted by Crippen LogP contribution is 2.05. The number of nitrogens with zero attached hydrogens (tertiary/aromatic N) is 3. The van der Waals surface area contributed by atoms with Crippen LogP contribution in [0.25, 0.3) is 0 Å². The average Bonchev–Trinajstić information content (AvgIpc) is 3.06. The summed E-state index contributed by atoms with van der Waals surface area (Å²) in [6.45, 7) is 7.75. The van der Waals surface area contributed by atoms with Gasteiger partial charge in [-0.1, -0.05) is 50.1 Å². The summed E-state index contributed by atoms with van der Waals surface area (Å²) in [4.78, 5) is 9.13. The van der Waals surface area contributed by atoms with Crippen LogP contribution < -0.4 is 10.6 Å². The lowest BCUT2D eigenvalue weighted by atomic mass is 10.2. The van der Waals surface area contributed by atoms with E-state index < -0.39 is 0 Å². The Morgan fingerprint density at radius 2 is 1.96 bits per heavy atom. The van der Waals surface area contributed by atoms with Crippen LogP contribution in [0.3, 0.4) is 0 Å². The van der Waals surface area contributed by atoms with Crippen molar-refractivity contribution in [1.29, 1.82) is 0 Å². The van der Waals surface area contributed by atoms with Gasteiger partial charge >= 0.3 is 0 Å². The predicted octanol–water partition coefficient (Wildman–Crippen LogP) is 3.22. The summed E-state index contributed by atoms with van der Waals surface area (Å²) in [5.74, 6) is 2.00. The van der Waals surface area contributed by atoms with E-state index in [9.17, 15) is 0 Å². The van der Waals surface area contributed by atoms with Gasteiger partial charge in [-0.25, -0.2) is 4.98 Å². The second kappa shape index (κ2) is 11.3. The maximum absolute atomic E-state index is 4.63. The van der Waals surface area contributed by atoms with Crippen molar-refractivity contribution in [3.05, 3.63) is 54.1 Å². The van der Waals surface area contributed by atoms with Crippen molar-refractivity contribution in [1.82, 2.24) is 20.2 Å². The summed E-state index contributed by atoms with van der Waals surface area (Å²) < 4.78 is 2.21. The first kappa shape index (κ1) is 19.0. The number of unbranched alkanes of at least 4 members (excludes halogenated alkanes) is 2. The predicted molar refractivity (Wildman–Crippen MR) is 105 cm³/mol. The topological polar surface area (TPSA) is 54.2 Å². The number of aromatic nitrogens is 2. The third-order valence-electron chi connectivity index (χ3n) is 4.01. The molecule has 0 saturated carbocycles. The van der Waals surface area contributed by atoms with E-state index in [2.05, 4.69) is 63.3 Å². The third-order valence-corrected chi connectivity index (χ3v) is 4.01. The van der Waals surface area contributed by atoms with Crippen LogP contribution in [0.5, 0.6) is 0 Å². The lowest BCUT2D eigenvalue weighted by molar-refractivity contribution is 0.689. The van der Waals surface area contributed by atoms with E-state index in [1.807, 2.05) is 18.5 Å². The van der Waals surface area contributed by atoms with Crippen molar-refractivity contribution in [3.63, 3.8) is 0 Å². The summed E-state index contributed by atoms with van der Waals surface area (Å²) in [6.07, 6.45) is 8.41. The molecule has 5 heteroatoms. The van der Waals surface area contributed by atoms with Gasteiger partial charge in [0.25, 0.3) is 0 Å². The molecule has 0 aliphatic rings. The first-order chi connectivity index (χ1) is 12.3. The highest BCUT2D eigenvalue weighted by Gasteiger charge is 2.04. The van der Waals surface area contributed by atoms with Crippen LogP contribution in [0.1, 0.15) is 44.5 Å². The average molecular weight is 342 g/mol. The van der Waals surface area contributed by atoms with Crippen LogP contribution in [-0.2, 0) is 13.0 Å². The lowest BCUT2D eigenvalue weighted by Gasteiger charge is -2.12. The molecule has 0 unspecified atom stereocenters. The molecule has 0 fully saturated rings. The van der Waals surface area contributed by atoms with Gasteiger partial charge in [-0.05, 0) is 18.9 Å². The molecular formula is C20H31N5. The molecule has 0 atom stereocenters. The van der Waals surface area contributed by atoms with Gasteiger partial charge in [-0.15, -0.1) is 0 Å². The van der Waals surface area contributed by atoms with Gasteiger partial charge < -0.3 is 15.2 Å². The van der Waals surface area contributed by atoms with Gasteiger partial charge in [-0.2, -0.15) is 0 Å². The monoisotopic (exact) mass is 341 g/mol. The zero-order valence-corrected chi connectivity index (χ0v) is 15.5. The minimum absolute atomic E-state index is 0.825. The number of hydrogen-bond acceptors (Lipinski definition) is 2. The van der Waals surface area contributed by atoms with Crippen LogP contribution in [-0.4, -0.2) is 35.1 Å². The molecular weight excluding hydrogens is 310 g/mol. The van der Waals surface area contributed by atoms with Crippen molar-refractivity contribution < 1.29 is 0 Å². The summed E-state index contributed by atoms with van der Waals surface area (Å²) in [7, 11) is 0. The van der Waals surface area contributed by atoms with Gasteiger partial charge in [0, 0.05) is 45.0 Å². The van der Waals surface area contributed by atoms with E-state index in [4.69, 9.17) is 0 Å². The minimum Gasteiger partial charge on any atom is -0.357 e. The summed E-state index contributed by atoms with van der Waals surface area (Å²) in [5, 5.41) is 6.72.